The average Bonchev–Trinajstić information content (AvgIpc) is 3.42. The van der Waals surface area contributed by atoms with E-state index in [0.29, 0.717) is 76.6 Å². The predicted octanol–water partition coefficient (Wildman–Crippen LogP) is 4.29. The highest BCUT2D eigenvalue weighted by Gasteiger charge is 2.37. The number of rotatable bonds is 6. The maximum Gasteiger partial charge on any atom is 0.416 e. The Morgan fingerprint density at radius 3 is 1.77 bits per heavy atom. The summed E-state index contributed by atoms with van der Waals surface area (Å²) in [6.45, 7) is 4.47. The number of morpholine rings is 2. The van der Waals surface area contributed by atoms with Gasteiger partial charge in [-0.15, -0.1) is 0 Å². The molecule has 0 saturated carbocycles. The number of anilines is 3. The van der Waals surface area contributed by atoms with E-state index in [1.807, 2.05) is 9.80 Å². The van der Waals surface area contributed by atoms with Crippen LogP contribution in [0.5, 0.6) is 0 Å². The average molecular weight is 571 g/mol. The first-order chi connectivity index (χ1) is 19.1. The van der Waals surface area contributed by atoms with E-state index in [9.17, 15) is 26.3 Å². The predicted molar refractivity (Wildman–Crippen MR) is 131 cm³/mol. The number of ether oxygens (including phenoxy) is 2. The molecule has 40 heavy (non-hydrogen) atoms. The van der Waals surface area contributed by atoms with Crippen LogP contribution >= 0.6 is 0 Å². The minimum atomic E-state index is -4.97. The van der Waals surface area contributed by atoms with Gasteiger partial charge in [-0.2, -0.15) is 46.4 Å². The van der Waals surface area contributed by atoms with Crippen molar-refractivity contribution in [3.05, 3.63) is 47.2 Å². The van der Waals surface area contributed by atoms with Crippen molar-refractivity contribution in [1.82, 2.24) is 15.0 Å². The molecule has 1 N–H and O–H groups in total. The molecule has 10 nitrogen and oxygen atoms in total. The molecular formula is C24H23F6N7O3. The standard InChI is InChI=1S/C24H23F6N7O3/c25-23(26,27)16-11-15(12-17(13-16)24(28,29)30)19-2-1-18(40-19)14-31-35-20-32-21(36-3-7-38-8-4-36)34-22(33-20)37-5-9-39-10-6-37/h1-2,11-14H,3-10H2,(H,32,33,34,35)/b31-14+. The third-order valence-corrected chi connectivity index (χ3v) is 6.05. The summed E-state index contributed by atoms with van der Waals surface area (Å²) < 4.78 is 95.5. The van der Waals surface area contributed by atoms with E-state index < -0.39 is 23.5 Å². The number of hydrazone groups is 1. The summed E-state index contributed by atoms with van der Waals surface area (Å²) in [6, 6.07) is 3.87. The maximum absolute atomic E-state index is 13.2. The van der Waals surface area contributed by atoms with Gasteiger partial charge < -0.3 is 23.7 Å². The van der Waals surface area contributed by atoms with Crippen LogP contribution in [0.15, 0.2) is 39.9 Å². The van der Waals surface area contributed by atoms with Crippen LogP contribution < -0.4 is 15.2 Å². The van der Waals surface area contributed by atoms with Crippen LogP contribution in [0.3, 0.4) is 0 Å². The van der Waals surface area contributed by atoms with Crippen molar-refractivity contribution in [2.45, 2.75) is 12.4 Å². The van der Waals surface area contributed by atoms with Crippen LogP contribution in [-0.2, 0) is 21.8 Å². The lowest BCUT2D eigenvalue weighted by Crippen LogP contribution is -2.40. The maximum atomic E-state index is 13.2. The first-order valence-corrected chi connectivity index (χ1v) is 12.2. The zero-order valence-corrected chi connectivity index (χ0v) is 20.8. The van der Waals surface area contributed by atoms with Crippen LogP contribution in [0.2, 0.25) is 0 Å². The molecule has 0 spiro atoms. The number of benzene rings is 1. The molecule has 4 heterocycles. The van der Waals surface area contributed by atoms with E-state index in [1.54, 1.807) is 0 Å². The Morgan fingerprint density at radius 1 is 0.750 bits per heavy atom. The molecule has 1 aromatic carbocycles. The molecule has 214 valence electrons. The second kappa shape index (κ2) is 11.3. The Bertz CT molecular complexity index is 1280. The normalized spacial score (nSPS) is 17.1. The number of nitrogens with one attached hydrogen (secondary N) is 1. The van der Waals surface area contributed by atoms with Crippen molar-refractivity contribution in [2.75, 3.05) is 67.8 Å². The lowest BCUT2D eigenvalue weighted by atomic mass is 10.0. The van der Waals surface area contributed by atoms with Crippen molar-refractivity contribution in [1.29, 1.82) is 0 Å². The molecule has 2 aliphatic heterocycles. The fourth-order valence-corrected chi connectivity index (χ4v) is 4.04. The topological polar surface area (TPSA) is 101 Å². The second-order valence-corrected chi connectivity index (χ2v) is 8.82. The van der Waals surface area contributed by atoms with E-state index in [0.717, 1.165) is 0 Å². The largest absolute Gasteiger partial charge is 0.455 e. The van der Waals surface area contributed by atoms with Crippen LogP contribution in [-0.4, -0.2) is 73.8 Å². The molecule has 16 heteroatoms. The van der Waals surface area contributed by atoms with Gasteiger partial charge in [0, 0.05) is 31.7 Å². The lowest BCUT2D eigenvalue weighted by Gasteiger charge is -2.30. The molecule has 0 aliphatic carbocycles. The van der Waals surface area contributed by atoms with Crippen LogP contribution in [0, 0.1) is 0 Å². The Kier molecular flexibility index (Phi) is 7.80. The number of halogens is 6. The van der Waals surface area contributed by atoms with Crippen molar-refractivity contribution in [2.24, 2.45) is 5.10 Å². The lowest BCUT2D eigenvalue weighted by molar-refractivity contribution is -0.143. The van der Waals surface area contributed by atoms with E-state index in [-0.39, 0.29) is 29.1 Å². The molecular weight excluding hydrogens is 548 g/mol. The van der Waals surface area contributed by atoms with Gasteiger partial charge in [-0.05, 0) is 30.3 Å². The van der Waals surface area contributed by atoms with Crippen molar-refractivity contribution >= 4 is 24.1 Å². The van der Waals surface area contributed by atoms with Crippen molar-refractivity contribution < 1.29 is 40.2 Å². The number of alkyl halides is 6. The third kappa shape index (κ3) is 6.62. The number of furan rings is 1. The molecule has 2 saturated heterocycles. The Morgan fingerprint density at radius 2 is 1.27 bits per heavy atom. The molecule has 3 aromatic rings. The first kappa shape index (κ1) is 27.6. The monoisotopic (exact) mass is 571 g/mol. The Labute approximate surface area is 223 Å². The zero-order valence-electron chi connectivity index (χ0n) is 20.8. The van der Waals surface area contributed by atoms with Gasteiger partial charge in [-0.3, -0.25) is 0 Å². The summed E-state index contributed by atoms with van der Waals surface area (Å²) in [4.78, 5) is 17.3. The quantitative estimate of drug-likeness (QED) is 0.264. The van der Waals surface area contributed by atoms with Crippen molar-refractivity contribution in [3.8, 4) is 11.3 Å². The molecule has 0 amide bonds. The fourth-order valence-electron chi connectivity index (χ4n) is 4.04. The summed E-state index contributed by atoms with van der Waals surface area (Å²) >= 11 is 0. The fraction of sp³-hybridized carbons (Fsp3) is 0.417. The summed E-state index contributed by atoms with van der Waals surface area (Å²) in [5, 5.41) is 4.04. The van der Waals surface area contributed by atoms with Gasteiger partial charge in [0.2, 0.25) is 17.8 Å². The smallest absolute Gasteiger partial charge is 0.416 e. The minimum absolute atomic E-state index is 0.0593. The molecule has 2 aliphatic rings. The molecule has 0 atom stereocenters. The highest BCUT2D eigenvalue weighted by Crippen LogP contribution is 2.39. The molecule has 0 unspecified atom stereocenters. The van der Waals surface area contributed by atoms with Gasteiger partial charge in [-0.1, -0.05) is 0 Å². The summed E-state index contributed by atoms with van der Waals surface area (Å²) in [5.74, 6) is 0.881. The van der Waals surface area contributed by atoms with Gasteiger partial charge in [0.25, 0.3) is 0 Å². The van der Waals surface area contributed by atoms with E-state index in [4.69, 9.17) is 13.9 Å². The van der Waals surface area contributed by atoms with E-state index in [2.05, 4.69) is 25.5 Å². The van der Waals surface area contributed by atoms with Crippen LogP contribution in [0.4, 0.5) is 44.2 Å². The number of hydrogen-bond donors (Lipinski definition) is 1. The van der Waals surface area contributed by atoms with Crippen LogP contribution in [0.1, 0.15) is 16.9 Å². The van der Waals surface area contributed by atoms with Crippen molar-refractivity contribution in [3.63, 3.8) is 0 Å². The summed E-state index contributed by atoms with van der Waals surface area (Å²) in [6.07, 6.45) is -8.74. The SMILES string of the molecule is FC(F)(F)c1cc(-c2ccc(/C=N/Nc3nc(N4CCOCC4)nc(N4CCOCC4)n3)o2)cc(C(F)(F)F)c1. The Balaban J connectivity index is 1.36. The third-order valence-electron chi connectivity index (χ3n) is 6.05. The number of aromatic nitrogens is 3. The van der Waals surface area contributed by atoms with Gasteiger partial charge in [-0.25, -0.2) is 5.43 Å². The molecule has 0 bridgehead atoms. The second-order valence-electron chi connectivity index (χ2n) is 8.82. The summed E-state index contributed by atoms with van der Waals surface area (Å²) in [5.41, 5.74) is -0.559. The number of hydrogen-bond acceptors (Lipinski definition) is 10. The van der Waals surface area contributed by atoms with E-state index in [1.165, 1.54) is 18.3 Å². The highest BCUT2D eigenvalue weighted by molar-refractivity contribution is 5.78. The van der Waals surface area contributed by atoms with Gasteiger partial charge in [0.15, 0.2) is 0 Å². The van der Waals surface area contributed by atoms with Crippen LogP contribution in [0.25, 0.3) is 11.3 Å². The van der Waals surface area contributed by atoms with Gasteiger partial charge in [0.1, 0.15) is 11.5 Å². The Hall–Kier alpha value is -3.92. The van der Waals surface area contributed by atoms with E-state index >= 15 is 0 Å². The molecule has 0 radical (unpaired) electrons. The summed E-state index contributed by atoms with van der Waals surface area (Å²) in [7, 11) is 0. The zero-order chi connectivity index (χ0) is 28.3. The molecule has 2 fully saturated rings. The number of nitrogens with zero attached hydrogens (tertiary/aromatic N) is 6. The highest BCUT2D eigenvalue weighted by atomic mass is 19.4. The molecule has 2 aromatic heterocycles. The van der Waals surface area contributed by atoms with Gasteiger partial charge >= 0.3 is 12.4 Å². The van der Waals surface area contributed by atoms with Gasteiger partial charge in [0.05, 0.1) is 43.8 Å². The molecule has 5 rings (SSSR count). The minimum Gasteiger partial charge on any atom is -0.455 e. The first-order valence-electron chi connectivity index (χ1n) is 12.2.